The van der Waals surface area contributed by atoms with Gasteiger partial charge in [0.25, 0.3) is 0 Å². The van der Waals surface area contributed by atoms with Gasteiger partial charge in [-0.15, -0.1) is 0 Å². The van der Waals surface area contributed by atoms with Gasteiger partial charge < -0.3 is 11.1 Å². The predicted molar refractivity (Wildman–Crippen MR) is 83.8 cm³/mol. The van der Waals surface area contributed by atoms with Crippen molar-refractivity contribution in [2.24, 2.45) is 0 Å². The second kappa shape index (κ2) is 6.05. The molecule has 1 aromatic carbocycles. The Morgan fingerprint density at radius 3 is 2.95 bits per heavy atom. The van der Waals surface area contributed by atoms with Gasteiger partial charge in [-0.3, -0.25) is 9.48 Å². The molecule has 3 N–H and O–H groups in total. The molecule has 0 unspecified atom stereocenters. The van der Waals surface area contributed by atoms with Crippen LogP contribution in [0.2, 0.25) is 0 Å². The normalized spacial score (nSPS) is 10.4. The van der Waals surface area contributed by atoms with Gasteiger partial charge in [-0.25, -0.2) is 0 Å². The largest absolute Gasteiger partial charge is 0.399 e. The van der Waals surface area contributed by atoms with Crippen molar-refractivity contribution in [3.05, 3.63) is 39.7 Å². The van der Waals surface area contributed by atoms with Crippen molar-refractivity contribution < 1.29 is 4.79 Å². The lowest BCUT2D eigenvalue weighted by atomic mass is 10.2. The molecule has 0 aliphatic carbocycles. The Hall–Kier alpha value is -1.57. The number of anilines is 2. The van der Waals surface area contributed by atoms with E-state index in [0.717, 1.165) is 14.8 Å². The zero-order valence-electron chi connectivity index (χ0n) is 10.6. The van der Waals surface area contributed by atoms with Gasteiger partial charge in [-0.05, 0) is 53.3 Å². The summed E-state index contributed by atoms with van der Waals surface area (Å²) in [7, 11) is 0. The number of amides is 1. The summed E-state index contributed by atoms with van der Waals surface area (Å²) in [6, 6.07) is 5.43. The lowest BCUT2D eigenvalue weighted by molar-refractivity contribution is -0.116. The van der Waals surface area contributed by atoms with Gasteiger partial charge in [-0.1, -0.05) is 0 Å². The first-order chi connectivity index (χ1) is 9.04. The number of hydrogen-bond acceptors (Lipinski definition) is 3. The average Bonchev–Trinajstić information content (AvgIpc) is 2.76. The van der Waals surface area contributed by atoms with Crippen LogP contribution in [-0.2, 0) is 11.3 Å². The number of aromatic nitrogens is 2. The molecule has 0 aliphatic rings. The van der Waals surface area contributed by atoms with Crippen LogP contribution >= 0.6 is 22.6 Å². The third-order valence-corrected chi connectivity index (χ3v) is 3.25. The molecule has 0 radical (unpaired) electrons. The Kier molecular flexibility index (Phi) is 4.41. The number of hydrogen-bond donors (Lipinski definition) is 2. The molecule has 100 valence electrons. The van der Waals surface area contributed by atoms with E-state index in [1.807, 2.05) is 25.3 Å². The number of nitrogens with two attached hydrogens (primary N) is 1. The van der Waals surface area contributed by atoms with Gasteiger partial charge in [0, 0.05) is 30.5 Å². The second-order valence-corrected chi connectivity index (χ2v) is 5.54. The molecule has 5 nitrogen and oxygen atoms in total. The fraction of sp³-hybridized carbons (Fsp3) is 0.231. The molecule has 0 bridgehead atoms. The van der Waals surface area contributed by atoms with Crippen molar-refractivity contribution in [2.45, 2.75) is 19.9 Å². The molecule has 2 aromatic rings. The number of halogens is 1. The van der Waals surface area contributed by atoms with Gasteiger partial charge in [-0.2, -0.15) is 5.10 Å². The Morgan fingerprint density at radius 2 is 2.32 bits per heavy atom. The summed E-state index contributed by atoms with van der Waals surface area (Å²) >= 11 is 2.19. The summed E-state index contributed by atoms with van der Waals surface area (Å²) in [6.45, 7) is 2.49. The van der Waals surface area contributed by atoms with Crippen molar-refractivity contribution >= 4 is 39.9 Å². The van der Waals surface area contributed by atoms with Crippen LogP contribution in [-0.4, -0.2) is 15.7 Å². The molecule has 1 aromatic heterocycles. The average molecular weight is 370 g/mol. The Balaban J connectivity index is 1.90. The standard InChI is InChI=1S/C13H15IN4O/c1-9-6-11(15)2-3-12(9)17-13(19)4-5-18-8-10(14)7-16-18/h2-3,6-8H,4-5,15H2,1H3,(H,17,19). The Labute approximate surface area is 125 Å². The van der Waals surface area contributed by atoms with Crippen molar-refractivity contribution in [1.29, 1.82) is 0 Å². The molecule has 1 heterocycles. The maximum atomic E-state index is 11.8. The van der Waals surface area contributed by atoms with E-state index in [0.29, 0.717) is 18.7 Å². The predicted octanol–water partition coefficient (Wildman–Crippen LogP) is 2.41. The summed E-state index contributed by atoms with van der Waals surface area (Å²) in [5, 5.41) is 7.01. The highest BCUT2D eigenvalue weighted by atomic mass is 127. The highest BCUT2D eigenvalue weighted by Crippen LogP contribution is 2.17. The third kappa shape index (κ3) is 3.95. The first-order valence-electron chi connectivity index (χ1n) is 5.88. The molecule has 0 atom stereocenters. The topological polar surface area (TPSA) is 72.9 Å². The number of benzene rings is 1. The van der Waals surface area contributed by atoms with Crippen LogP contribution in [0.1, 0.15) is 12.0 Å². The number of carbonyl (C=O) groups is 1. The molecule has 0 fully saturated rings. The lowest BCUT2D eigenvalue weighted by Gasteiger charge is -2.09. The molecule has 19 heavy (non-hydrogen) atoms. The number of nitrogens with zero attached hydrogens (tertiary/aromatic N) is 2. The first kappa shape index (κ1) is 13.9. The monoisotopic (exact) mass is 370 g/mol. The van der Waals surface area contributed by atoms with E-state index in [4.69, 9.17) is 5.73 Å². The number of carbonyl (C=O) groups excluding carboxylic acids is 1. The van der Waals surface area contributed by atoms with Crippen molar-refractivity contribution in [3.8, 4) is 0 Å². The van der Waals surface area contributed by atoms with Crippen LogP contribution in [0.5, 0.6) is 0 Å². The number of rotatable bonds is 4. The van der Waals surface area contributed by atoms with Crippen molar-refractivity contribution in [3.63, 3.8) is 0 Å². The van der Waals surface area contributed by atoms with Crippen molar-refractivity contribution in [1.82, 2.24) is 9.78 Å². The zero-order valence-corrected chi connectivity index (χ0v) is 12.7. The lowest BCUT2D eigenvalue weighted by Crippen LogP contribution is -2.15. The van der Waals surface area contributed by atoms with Crippen molar-refractivity contribution in [2.75, 3.05) is 11.1 Å². The van der Waals surface area contributed by atoms with E-state index >= 15 is 0 Å². The highest BCUT2D eigenvalue weighted by Gasteiger charge is 2.06. The van der Waals surface area contributed by atoms with Gasteiger partial charge >= 0.3 is 0 Å². The first-order valence-corrected chi connectivity index (χ1v) is 6.96. The maximum absolute atomic E-state index is 11.8. The fourth-order valence-electron chi connectivity index (χ4n) is 1.72. The number of aryl methyl sites for hydroxylation is 2. The molecule has 1 amide bonds. The molecule has 0 spiro atoms. The molecule has 0 saturated heterocycles. The molecule has 0 saturated carbocycles. The fourth-order valence-corrected chi connectivity index (χ4v) is 2.16. The van der Waals surface area contributed by atoms with Crippen LogP contribution in [0.25, 0.3) is 0 Å². The van der Waals surface area contributed by atoms with Gasteiger partial charge in [0.2, 0.25) is 5.91 Å². The molecule has 2 rings (SSSR count). The molecule has 6 heteroatoms. The summed E-state index contributed by atoms with van der Waals surface area (Å²) in [5.41, 5.74) is 8.13. The van der Waals surface area contributed by atoms with Gasteiger partial charge in [0.1, 0.15) is 0 Å². The maximum Gasteiger partial charge on any atom is 0.226 e. The molecule has 0 aliphatic heterocycles. The van der Waals surface area contributed by atoms with Crippen LogP contribution in [0, 0.1) is 10.5 Å². The Bertz CT molecular complexity index is 594. The van der Waals surface area contributed by atoms with Crippen LogP contribution < -0.4 is 11.1 Å². The van der Waals surface area contributed by atoms with E-state index in [9.17, 15) is 4.79 Å². The third-order valence-electron chi connectivity index (χ3n) is 2.69. The number of nitrogens with one attached hydrogen (secondary N) is 1. The quantitative estimate of drug-likeness (QED) is 0.641. The van der Waals surface area contributed by atoms with E-state index in [1.54, 1.807) is 16.9 Å². The van der Waals surface area contributed by atoms with E-state index in [-0.39, 0.29) is 5.91 Å². The van der Waals surface area contributed by atoms with Gasteiger partial charge in [0.15, 0.2) is 0 Å². The van der Waals surface area contributed by atoms with E-state index < -0.39 is 0 Å². The smallest absolute Gasteiger partial charge is 0.226 e. The van der Waals surface area contributed by atoms with E-state index in [2.05, 4.69) is 33.0 Å². The zero-order chi connectivity index (χ0) is 13.8. The van der Waals surface area contributed by atoms with Crippen LogP contribution in [0.15, 0.2) is 30.6 Å². The molecular weight excluding hydrogens is 355 g/mol. The number of nitrogen functional groups attached to an aromatic ring is 1. The minimum atomic E-state index is -0.0293. The van der Waals surface area contributed by atoms with Crippen LogP contribution in [0.3, 0.4) is 0 Å². The summed E-state index contributed by atoms with van der Waals surface area (Å²) in [5.74, 6) is -0.0293. The SMILES string of the molecule is Cc1cc(N)ccc1NC(=O)CCn1cc(I)cn1. The summed E-state index contributed by atoms with van der Waals surface area (Å²) < 4.78 is 2.82. The summed E-state index contributed by atoms with van der Waals surface area (Å²) in [6.07, 6.45) is 4.06. The summed E-state index contributed by atoms with van der Waals surface area (Å²) in [4.78, 5) is 11.8. The highest BCUT2D eigenvalue weighted by molar-refractivity contribution is 14.1. The molecular formula is C13H15IN4O. The minimum absolute atomic E-state index is 0.0293. The van der Waals surface area contributed by atoms with Crippen LogP contribution in [0.4, 0.5) is 11.4 Å². The minimum Gasteiger partial charge on any atom is -0.399 e. The van der Waals surface area contributed by atoms with E-state index in [1.165, 1.54) is 0 Å². The Morgan fingerprint density at radius 1 is 1.53 bits per heavy atom. The van der Waals surface area contributed by atoms with Gasteiger partial charge in [0.05, 0.1) is 9.77 Å². The second-order valence-electron chi connectivity index (χ2n) is 4.29.